The molecule has 24 heavy (non-hydrogen) atoms. The molecule has 1 aromatic carbocycles. The Balaban J connectivity index is 1.59. The zero-order chi connectivity index (χ0) is 16.5. The van der Waals surface area contributed by atoms with Crippen molar-refractivity contribution < 1.29 is 9.59 Å². The summed E-state index contributed by atoms with van der Waals surface area (Å²) in [5, 5.41) is 0. The fraction of sp³-hybridized carbons (Fsp3) is 0.600. The van der Waals surface area contributed by atoms with Crippen molar-refractivity contribution in [2.24, 2.45) is 5.92 Å². The van der Waals surface area contributed by atoms with Crippen LogP contribution in [0.4, 0.5) is 0 Å². The molecule has 3 aliphatic rings. The molecule has 2 aliphatic heterocycles. The zero-order valence-electron chi connectivity index (χ0n) is 14.2. The minimum absolute atomic E-state index is 0.0393. The Hall–Kier alpha value is -1.84. The van der Waals surface area contributed by atoms with Crippen LogP contribution in [0.15, 0.2) is 24.3 Å². The summed E-state index contributed by atoms with van der Waals surface area (Å²) < 4.78 is 0. The molecular weight excluding hydrogens is 300 g/mol. The molecule has 1 saturated heterocycles. The van der Waals surface area contributed by atoms with E-state index in [2.05, 4.69) is 24.3 Å². The lowest BCUT2D eigenvalue weighted by molar-refractivity contribution is -0.151. The summed E-state index contributed by atoms with van der Waals surface area (Å²) in [6.45, 7) is 1.75. The van der Waals surface area contributed by atoms with Crippen LogP contribution < -0.4 is 0 Å². The summed E-state index contributed by atoms with van der Waals surface area (Å²) in [5.41, 5.74) is 2.58. The van der Waals surface area contributed by atoms with Crippen LogP contribution in [0, 0.1) is 5.92 Å². The summed E-state index contributed by atoms with van der Waals surface area (Å²) in [7, 11) is 0. The first-order valence-electron chi connectivity index (χ1n) is 9.40. The molecule has 0 radical (unpaired) electrons. The van der Waals surface area contributed by atoms with E-state index >= 15 is 0 Å². The van der Waals surface area contributed by atoms with Crippen LogP contribution in [0.2, 0.25) is 0 Å². The molecule has 4 rings (SSSR count). The molecule has 128 valence electrons. The monoisotopic (exact) mass is 326 g/mol. The van der Waals surface area contributed by atoms with Gasteiger partial charge >= 0.3 is 0 Å². The van der Waals surface area contributed by atoms with Crippen molar-refractivity contribution in [3.8, 4) is 0 Å². The van der Waals surface area contributed by atoms with Crippen molar-refractivity contribution >= 4 is 11.8 Å². The van der Waals surface area contributed by atoms with E-state index in [4.69, 9.17) is 0 Å². The molecule has 0 bridgehead atoms. The Bertz CT molecular complexity index is 636. The lowest BCUT2D eigenvalue weighted by Gasteiger charge is -2.42. The van der Waals surface area contributed by atoms with E-state index in [9.17, 15) is 9.59 Å². The molecule has 0 spiro atoms. The Morgan fingerprint density at radius 3 is 2.67 bits per heavy atom. The van der Waals surface area contributed by atoms with Crippen LogP contribution >= 0.6 is 0 Å². The molecule has 0 aromatic heterocycles. The van der Waals surface area contributed by atoms with Crippen molar-refractivity contribution in [2.75, 3.05) is 19.6 Å². The second-order valence-corrected chi connectivity index (χ2v) is 7.46. The molecule has 1 aliphatic carbocycles. The van der Waals surface area contributed by atoms with Gasteiger partial charge in [0, 0.05) is 19.0 Å². The molecule has 1 aromatic rings. The highest BCUT2D eigenvalue weighted by Crippen LogP contribution is 2.34. The highest BCUT2D eigenvalue weighted by atomic mass is 16.2. The van der Waals surface area contributed by atoms with E-state index in [1.807, 2.05) is 9.80 Å². The van der Waals surface area contributed by atoms with E-state index in [1.54, 1.807) is 0 Å². The fourth-order valence-corrected chi connectivity index (χ4v) is 4.65. The summed E-state index contributed by atoms with van der Waals surface area (Å²) in [4.78, 5) is 29.5. The average Bonchev–Trinajstić information content (AvgIpc) is 2.82. The quantitative estimate of drug-likeness (QED) is 0.796. The maximum atomic E-state index is 12.9. The van der Waals surface area contributed by atoms with Gasteiger partial charge < -0.3 is 9.80 Å². The molecule has 2 amide bonds. The molecule has 2 heterocycles. The van der Waals surface area contributed by atoms with Gasteiger partial charge in [-0.2, -0.15) is 0 Å². The third-order valence-corrected chi connectivity index (χ3v) is 5.94. The third kappa shape index (κ3) is 2.83. The average molecular weight is 326 g/mol. The summed E-state index contributed by atoms with van der Waals surface area (Å²) >= 11 is 0. The van der Waals surface area contributed by atoms with Gasteiger partial charge in [-0.05, 0) is 36.8 Å². The van der Waals surface area contributed by atoms with Gasteiger partial charge in [-0.1, -0.05) is 43.5 Å². The Labute approximate surface area is 143 Å². The molecule has 0 N–H and O–H groups in total. The number of carbonyl (C=O) groups excluding carboxylic acids is 2. The largest absolute Gasteiger partial charge is 0.332 e. The van der Waals surface area contributed by atoms with Gasteiger partial charge in [-0.15, -0.1) is 0 Å². The second kappa shape index (κ2) is 6.58. The van der Waals surface area contributed by atoms with Gasteiger partial charge in [-0.25, -0.2) is 0 Å². The Morgan fingerprint density at radius 1 is 1.04 bits per heavy atom. The van der Waals surface area contributed by atoms with Gasteiger partial charge in [0.15, 0.2) is 0 Å². The van der Waals surface area contributed by atoms with Crippen molar-refractivity contribution in [3.63, 3.8) is 0 Å². The van der Waals surface area contributed by atoms with Crippen LogP contribution in [0.1, 0.15) is 55.7 Å². The first-order valence-corrected chi connectivity index (χ1v) is 9.40. The van der Waals surface area contributed by atoms with Crippen LogP contribution in [-0.2, 0) is 16.0 Å². The number of carbonyl (C=O) groups is 2. The predicted octanol–water partition coefficient (Wildman–Crippen LogP) is 2.93. The number of benzene rings is 1. The SMILES string of the molecule is O=C(C1CCCCC1)N1CC(=O)N2CCCc3ccccc3[C@@H]2C1. The number of hydrogen-bond donors (Lipinski definition) is 0. The second-order valence-electron chi connectivity index (χ2n) is 7.46. The number of rotatable bonds is 1. The molecule has 4 heteroatoms. The van der Waals surface area contributed by atoms with E-state index in [0.717, 1.165) is 45.1 Å². The van der Waals surface area contributed by atoms with Crippen LogP contribution in [0.5, 0.6) is 0 Å². The first-order chi connectivity index (χ1) is 11.7. The van der Waals surface area contributed by atoms with E-state index in [-0.39, 0.29) is 30.3 Å². The third-order valence-electron chi connectivity index (χ3n) is 5.94. The summed E-state index contributed by atoms with van der Waals surface area (Å²) in [6.07, 6.45) is 7.56. The number of piperazine rings is 1. The molecule has 1 atom stereocenters. The lowest BCUT2D eigenvalue weighted by Crippen LogP contribution is -2.55. The standard InChI is InChI=1S/C20H26N2O2/c23-19-14-21(20(24)16-8-2-1-3-9-16)13-18-17-11-5-4-7-15(17)10-6-12-22(18)19/h4-5,7,11,16,18H,1-3,6,8-10,12-14H2/t18-/m0/s1. The zero-order valence-corrected chi connectivity index (χ0v) is 14.2. The van der Waals surface area contributed by atoms with Crippen molar-refractivity contribution in [3.05, 3.63) is 35.4 Å². The highest BCUT2D eigenvalue weighted by Gasteiger charge is 2.39. The van der Waals surface area contributed by atoms with Gasteiger partial charge in [0.1, 0.15) is 0 Å². The predicted molar refractivity (Wildman–Crippen MR) is 92.4 cm³/mol. The van der Waals surface area contributed by atoms with E-state index < -0.39 is 0 Å². The van der Waals surface area contributed by atoms with Crippen molar-refractivity contribution in [1.29, 1.82) is 0 Å². The highest BCUT2D eigenvalue weighted by molar-refractivity contribution is 5.87. The Morgan fingerprint density at radius 2 is 1.83 bits per heavy atom. The molecular formula is C20H26N2O2. The number of amides is 2. The molecule has 2 fully saturated rings. The fourth-order valence-electron chi connectivity index (χ4n) is 4.65. The van der Waals surface area contributed by atoms with Gasteiger partial charge in [0.25, 0.3) is 0 Å². The van der Waals surface area contributed by atoms with Gasteiger partial charge in [-0.3, -0.25) is 9.59 Å². The Kier molecular flexibility index (Phi) is 4.30. The first kappa shape index (κ1) is 15.7. The number of hydrogen-bond acceptors (Lipinski definition) is 2. The van der Waals surface area contributed by atoms with Crippen LogP contribution in [-0.4, -0.2) is 41.2 Å². The number of fused-ring (bicyclic) bond motifs is 3. The molecule has 0 unspecified atom stereocenters. The molecule has 1 saturated carbocycles. The van der Waals surface area contributed by atoms with E-state index in [1.165, 1.54) is 17.5 Å². The summed E-state index contributed by atoms with van der Waals surface area (Å²) in [6, 6.07) is 8.47. The lowest BCUT2D eigenvalue weighted by atomic mass is 9.87. The number of nitrogens with zero attached hydrogens (tertiary/aromatic N) is 2. The summed E-state index contributed by atoms with van der Waals surface area (Å²) in [5.74, 6) is 0.468. The number of aryl methyl sites for hydroxylation is 1. The maximum Gasteiger partial charge on any atom is 0.242 e. The normalized spacial score (nSPS) is 25.0. The van der Waals surface area contributed by atoms with Crippen LogP contribution in [0.3, 0.4) is 0 Å². The topological polar surface area (TPSA) is 40.6 Å². The van der Waals surface area contributed by atoms with Gasteiger partial charge in [0.2, 0.25) is 11.8 Å². The minimum Gasteiger partial charge on any atom is -0.332 e. The smallest absolute Gasteiger partial charge is 0.242 e. The van der Waals surface area contributed by atoms with Crippen molar-refractivity contribution in [1.82, 2.24) is 9.80 Å². The van der Waals surface area contributed by atoms with Gasteiger partial charge in [0.05, 0.1) is 12.6 Å². The van der Waals surface area contributed by atoms with Crippen molar-refractivity contribution in [2.45, 2.75) is 51.0 Å². The maximum absolute atomic E-state index is 12.9. The van der Waals surface area contributed by atoms with Crippen LogP contribution in [0.25, 0.3) is 0 Å². The minimum atomic E-state index is 0.0393. The molecule has 4 nitrogen and oxygen atoms in total. The van der Waals surface area contributed by atoms with E-state index in [0.29, 0.717) is 6.54 Å².